The number of nitrogens with zero attached hydrogens (tertiary/aromatic N) is 1. The van der Waals surface area contributed by atoms with Crippen LogP contribution in [0.1, 0.15) is 23.6 Å². The van der Waals surface area contributed by atoms with Crippen LogP contribution in [0.3, 0.4) is 0 Å². The van der Waals surface area contributed by atoms with Gasteiger partial charge in [0.1, 0.15) is 0 Å². The molecule has 1 aromatic rings. The van der Waals surface area contributed by atoms with E-state index in [0.717, 1.165) is 11.3 Å². The number of hydrogen-bond acceptors (Lipinski definition) is 3. The predicted octanol–water partition coefficient (Wildman–Crippen LogP) is 1.83. The molecule has 1 atom stereocenters. The Kier molecular flexibility index (Phi) is 5.44. The lowest BCUT2D eigenvalue weighted by atomic mass is 10.3. The molecule has 0 spiro atoms. The first-order valence-corrected chi connectivity index (χ1v) is 6.59. The van der Waals surface area contributed by atoms with E-state index in [4.69, 9.17) is 0 Å². The molecule has 0 aliphatic heterocycles. The first-order valence-electron chi connectivity index (χ1n) is 5.77. The van der Waals surface area contributed by atoms with Crippen molar-refractivity contribution in [2.75, 3.05) is 13.6 Å². The molecule has 0 saturated heterocycles. The van der Waals surface area contributed by atoms with Gasteiger partial charge in [-0.1, -0.05) is 6.92 Å². The van der Waals surface area contributed by atoms with E-state index in [9.17, 15) is 9.90 Å². The van der Waals surface area contributed by atoms with E-state index in [0.29, 0.717) is 13.1 Å². The zero-order valence-corrected chi connectivity index (χ0v) is 11.4. The van der Waals surface area contributed by atoms with E-state index >= 15 is 0 Å². The molecule has 4 nitrogen and oxygen atoms in total. The lowest BCUT2D eigenvalue weighted by Crippen LogP contribution is -2.40. The highest BCUT2D eigenvalue weighted by Crippen LogP contribution is 2.16. The van der Waals surface area contributed by atoms with Crippen molar-refractivity contribution in [1.29, 1.82) is 0 Å². The Hall–Kier alpha value is -1.07. The SMILES string of the molecule is CCc1ccc(CNC(=O)N(C)CC(C)O)s1. The Morgan fingerprint density at radius 1 is 1.53 bits per heavy atom. The van der Waals surface area contributed by atoms with Crippen LogP contribution in [0, 0.1) is 0 Å². The molecule has 0 aliphatic rings. The number of aliphatic hydroxyl groups is 1. The summed E-state index contributed by atoms with van der Waals surface area (Å²) in [6, 6.07) is 3.97. The van der Waals surface area contributed by atoms with Gasteiger partial charge in [0.25, 0.3) is 0 Å². The molecular weight excluding hydrogens is 236 g/mol. The smallest absolute Gasteiger partial charge is 0.317 e. The number of likely N-dealkylation sites (N-methyl/N-ethyl adjacent to an activating group) is 1. The molecule has 1 unspecified atom stereocenters. The number of aliphatic hydroxyl groups excluding tert-OH is 1. The Morgan fingerprint density at radius 2 is 2.18 bits per heavy atom. The molecule has 1 heterocycles. The van der Waals surface area contributed by atoms with Crippen LogP contribution >= 0.6 is 11.3 Å². The summed E-state index contributed by atoms with van der Waals surface area (Å²) in [5, 5.41) is 12.0. The van der Waals surface area contributed by atoms with Gasteiger partial charge in [-0.15, -0.1) is 11.3 Å². The third kappa shape index (κ3) is 4.75. The minimum absolute atomic E-state index is 0.155. The maximum atomic E-state index is 11.6. The number of carbonyl (C=O) groups excluding carboxylic acids is 1. The highest BCUT2D eigenvalue weighted by molar-refractivity contribution is 7.11. The van der Waals surface area contributed by atoms with Gasteiger partial charge in [-0.3, -0.25) is 0 Å². The minimum Gasteiger partial charge on any atom is -0.392 e. The summed E-state index contributed by atoms with van der Waals surface area (Å²) in [5.41, 5.74) is 0. The van der Waals surface area contributed by atoms with Crippen molar-refractivity contribution < 1.29 is 9.90 Å². The summed E-state index contributed by atoms with van der Waals surface area (Å²) in [6.07, 6.45) is 0.528. The molecule has 0 bridgehead atoms. The third-order valence-corrected chi connectivity index (χ3v) is 3.59. The van der Waals surface area contributed by atoms with Gasteiger partial charge in [0, 0.05) is 23.3 Å². The standard InChI is InChI=1S/C12H20N2O2S/c1-4-10-5-6-11(17-10)7-13-12(16)14(3)8-9(2)15/h5-6,9,15H,4,7-8H2,1-3H3,(H,13,16). The van der Waals surface area contributed by atoms with Gasteiger partial charge in [-0.05, 0) is 25.5 Å². The normalized spacial score (nSPS) is 12.2. The number of amides is 2. The van der Waals surface area contributed by atoms with Crippen LogP contribution in [-0.4, -0.2) is 35.7 Å². The van der Waals surface area contributed by atoms with Crippen molar-refractivity contribution in [2.45, 2.75) is 32.9 Å². The highest BCUT2D eigenvalue weighted by atomic mass is 32.1. The number of carbonyl (C=O) groups is 1. The lowest BCUT2D eigenvalue weighted by Gasteiger charge is -2.19. The number of hydrogen-bond donors (Lipinski definition) is 2. The van der Waals surface area contributed by atoms with Crippen LogP contribution in [-0.2, 0) is 13.0 Å². The van der Waals surface area contributed by atoms with Crippen LogP contribution in [0.2, 0.25) is 0 Å². The van der Waals surface area contributed by atoms with Crippen molar-refractivity contribution in [3.63, 3.8) is 0 Å². The van der Waals surface area contributed by atoms with Crippen LogP contribution in [0.25, 0.3) is 0 Å². The van der Waals surface area contributed by atoms with E-state index in [1.54, 1.807) is 25.3 Å². The summed E-state index contributed by atoms with van der Waals surface area (Å²) < 4.78 is 0. The second-order valence-corrected chi connectivity index (χ2v) is 5.36. The largest absolute Gasteiger partial charge is 0.392 e. The topological polar surface area (TPSA) is 52.6 Å². The van der Waals surface area contributed by atoms with Gasteiger partial charge < -0.3 is 15.3 Å². The van der Waals surface area contributed by atoms with Crippen LogP contribution in [0.5, 0.6) is 0 Å². The molecule has 0 aromatic carbocycles. The molecule has 96 valence electrons. The van der Waals surface area contributed by atoms with E-state index in [-0.39, 0.29) is 6.03 Å². The average Bonchev–Trinajstić information content (AvgIpc) is 2.72. The monoisotopic (exact) mass is 256 g/mol. The molecule has 1 rings (SSSR count). The minimum atomic E-state index is -0.501. The Balaban J connectivity index is 2.37. The second kappa shape index (κ2) is 6.61. The fourth-order valence-electron chi connectivity index (χ4n) is 1.48. The summed E-state index contributed by atoms with van der Waals surface area (Å²) in [6.45, 7) is 4.67. The predicted molar refractivity (Wildman–Crippen MR) is 70.2 cm³/mol. The number of nitrogens with one attached hydrogen (secondary N) is 1. The first-order chi connectivity index (χ1) is 8.02. The van der Waals surface area contributed by atoms with Gasteiger partial charge in [0.2, 0.25) is 0 Å². The maximum absolute atomic E-state index is 11.6. The number of urea groups is 1. The third-order valence-electron chi connectivity index (χ3n) is 2.36. The summed E-state index contributed by atoms with van der Waals surface area (Å²) in [4.78, 5) is 15.6. The fraction of sp³-hybridized carbons (Fsp3) is 0.583. The molecule has 0 aliphatic carbocycles. The van der Waals surface area contributed by atoms with Gasteiger partial charge in [0.15, 0.2) is 0 Å². The van der Waals surface area contributed by atoms with Crippen molar-refractivity contribution in [3.8, 4) is 0 Å². The molecule has 2 amide bonds. The molecule has 5 heteroatoms. The molecule has 2 N–H and O–H groups in total. The van der Waals surface area contributed by atoms with Gasteiger partial charge >= 0.3 is 6.03 Å². The molecule has 0 fully saturated rings. The van der Waals surface area contributed by atoms with Gasteiger partial charge in [0.05, 0.1) is 12.6 Å². The fourth-order valence-corrected chi connectivity index (χ4v) is 2.38. The van der Waals surface area contributed by atoms with Crippen molar-refractivity contribution in [2.24, 2.45) is 0 Å². The van der Waals surface area contributed by atoms with Crippen LogP contribution in [0.4, 0.5) is 4.79 Å². The molecular formula is C12H20N2O2S. The molecule has 0 radical (unpaired) electrons. The van der Waals surface area contributed by atoms with Crippen molar-refractivity contribution in [3.05, 3.63) is 21.9 Å². The van der Waals surface area contributed by atoms with E-state index in [2.05, 4.69) is 18.3 Å². The summed E-state index contributed by atoms with van der Waals surface area (Å²) >= 11 is 1.72. The van der Waals surface area contributed by atoms with Crippen molar-refractivity contribution >= 4 is 17.4 Å². The average molecular weight is 256 g/mol. The number of rotatable bonds is 5. The summed E-state index contributed by atoms with van der Waals surface area (Å²) in [7, 11) is 1.67. The first kappa shape index (κ1) is 14.0. The zero-order chi connectivity index (χ0) is 12.8. The van der Waals surface area contributed by atoms with Gasteiger partial charge in [-0.25, -0.2) is 4.79 Å². The quantitative estimate of drug-likeness (QED) is 0.844. The Morgan fingerprint density at radius 3 is 2.71 bits per heavy atom. The molecule has 0 saturated carbocycles. The second-order valence-electron chi connectivity index (χ2n) is 4.11. The highest BCUT2D eigenvalue weighted by Gasteiger charge is 2.10. The van der Waals surface area contributed by atoms with Crippen molar-refractivity contribution in [1.82, 2.24) is 10.2 Å². The zero-order valence-electron chi connectivity index (χ0n) is 10.6. The van der Waals surface area contributed by atoms with Crippen LogP contribution < -0.4 is 5.32 Å². The van der Waals surface area contributed by atoms with Crippen LogP contribution in [0.15, 0.2) is 12.1 Å². The Bertz CT molecular complexity index is 363. The number of aryl methyl sites for hydroxylation is 1. The lowest BCUT2D eigenvalue weighted by molar-refractivity contribution is 0.144. The van der Waals surface area contributed by atoms with Gasteiger partial charge in [-0.2, -0.15) is 0 Å². The molecule has 17 heavy (non-hydrogen) atoms. The van der Waals surface area contributed by atoms with E-state index in [1.807, 2.05) is 6.07 Å². The summed E-state index contributed by atoms with van der Waals surface area (Å²) in [5.74, 6) is 0. The Labute approximate surface area is 106 Å². The van der Waals surface area contributed by atoms with E-state index < -0.39 is 6.10 Å². The van der Waals surface area contributed by atoms with E-state index in [1.165, 1.54) is 9.78 Å². The number of thiophene rings is 1. The maximum Gasteiger partial charge on any atom is 0.317 e. The molecule has 1 aromatic heterocycles.